The minimum Gasteiger partial charge on any atom is -0.361 e. The third kappa shape index (κ3) is 1.81. The van der Waals surface area contributed by atoms with Crippen LogP contribution in [0.15, 0.2) is 28.9 Å². The zero-order valence-electron chi connectivity index (χ0n) is 10.2. The Bertz CT molecular complexity index is 544. The second-order valence-electron chi connectivity index (χ2n) is 4.60. The number of aromatic nitrogens is 2. The van der Waals surface area contributed by atoms with Crippen molar-refractivity contribution in [1.29, 1.82) is 0 Å². The largest absolute Gasteiger partial charge is 0.361 e. The van der Waals surface area contributed by atoms with Gasteiger partial charge in [-0.2, -0.15) is 0 Å². The maximum absolute atomic E-state index is 12.3. The highest BCUT2D eigenvalue weighted by atomic mass is 16.5. The summed E-state index contributed by atoms with van der Waals surface area (Å²) in [6, 6.07) is 5.58. The van der Waals surface area contributed by atoms with Gasteiger partial charge in [-0.25, -0.2) is 0 Å². The molecule has 2 aromatic heterocycles. The summed E-state index contributed by atoms with van der Waals surface area (Å²) in [6.07, 6.45) is 3.71. The van der Waals surface area contributed by atoms with E-state index < -0.39 is 0 Å². The van der Waals surface area contributed by atoms with Gasteiger partial charge in [0.1, 0.15) is 17.1 Å². The lowest BCUT2D eigenvalue weighted by Gasteiger charge is -2.22. The maximum atomic E-state index is 12.3. The van der Waals surface area contributed by atoms with E-state index in [2.05, 4.69) is 10.1 Å². The number of rotatable bonds is 2. The molecular weight excluding hydrogens is 230 g/mol. The predicted molar refractivity (Wildman–Crippen MR) is 65.0 cm³/mol. The third-order valence-corrected chi connectivity index (χ3v) is 3.33. The van der Waals surface area contributed by atoms with E-state index in [0.29, 0.717) is 5.69 Å². The molecule has 3 heterocycles. The molecule has 1 unspecified atom stereocenters. The second-order valence-corrected chi connectivity index (χ2v) is 4.60. The van der Waals surface area contributed by atoms with Crippen LogP contribution in [0, 0.1) is 6.92 Å². The van der Waals surface area contributed by atoms with Crippen LogP contribution in [0.25, 0.3) is 0 Å². The molecule has 5 nitrogen and oxygen atoms in total. The van der Waals surface area contributed by atoms with Crippen LogP contribution in [-0.4, -0.2) is 27.5 Å². The van der Waals surface area contributed by atoms with Gasteiger partial charge in [0, 0.05) is 18.8 Å². The number of carbonyl (C=O) groups excluding carboxylic acids is 1. The second kappa shape index (κ2) is 4.33. The molecule has 1 atom stereocenters. The van der Waals surface area contributed by atoms with E-state index in [1.165, 1.54) is 0 Å². The fourth-order valence-corrected chi connectivity index (χ4v) is 2.48. The number of carbonyl (C=O) groups is 1. The van der Waals surface area contributed by atoms with E-state index in [-0.39, 0.29) is 11.9 Å². The highest BCUT2D eigenvalue weighted by Gasteiger charge is 2.32. The van der Waals surface area contributed by atoms with Gasteiger partial charge < -0.3 is 14.4 Å². The minimum absolute atomic E-state index is 0.0307. The summed E-state index contributed by atoms with van der Waals surface area (Å²) in [5.41, 5.74) is 1.48. The van der Waals surface area contributed by atoms with Crippen LogP contribution in [0.4, 0.5) is 0 Å². The first-order chi connectivity index (χ1) is 8.75. The van der Waals surface area contributed by atoms with Gasteiger partial charge in [-0.3, -0.25) is 4.79 Å². The van der Waals surface area contributed by atoms with Crippen LogP contribution in [0.5, 0.6) is 0 Å². The van der Waals surface area contributed by atoms with E-state index >= 15 is 0 Å². The van der Waals surface area contributed by atoms with Crippen molar-refractivity contribution < 1.29 is 9.32 Å². The molecule has 0 radical (unpaired) electrons. The quantitative estimate of drug-likeness (QED) is 0.883. The molecule has 1 N–H and O–H groups in total. The van der Waals surface area contributed by atoms with Crippen molar-refractivity contribution in [3.8, 4) is 0 Å². The molecule has 1 fully saturated rings. The Morgan fingerprint density at radius 3 is 3.17 bits per heavy atom. The first-order valence-corrected chi connectivity index (χ1v) is 6.13. The highest BCUT2D eigenvalue weighted by molar-refractivity contribution is 5.92. The smallest absolute Gasteiger partial charge is 0.270 e. The summed E-state index contributed by atoms with van der Waals surface area (Å²) in [4.78, 5) is 17.2. The molecule has 1 amide bonds. The molecule has 1 aliphatic heterocycles. The number of hydrogen-bond acceptors (Lipinski definition) is 3. The average molecular weight is 245 g/mol. The summed E-state index contributed by atoms with van der Waals surface area (Å²) in [6.45, 7) is 2.64. The van der Waals surface area contributed by atoms with Gasteiger partial charge in [0.2, 0.25) is 0 Å². The highest BCUT2D eigenvalue weighted by Crippen LogP contribution is 2.32. The molecular formula is C13H15N3O2. The van der Waals surface area contributed by atoms with Crippen LogP contribution >= 0.6 is 0 Å². The fraction of sp³-hybridized carbons (Fsp3) is 0.385. The molecule has 0 bridgehead atoms. The maximum Gasteiger partial charge on any atom is 0.270 e. The normalized spacial score (nSPS) is 19.4. The Kier molecular flexibility index (Phi) is 2.66. The lowest BCUT2D eigenvalue weighted by Crippen LogP contribution is -2.30. The molecule has 94 valence electrons. The molecule has 1 saturated heterocycles. The summed E-state index contributed by atoms with van der Waals surface area (Å²) >= 11 is 0. The number of nitrogens with zero attached hydrogens (tertiary/aromatic N) is 2. The van der Waals surface area contributed by atoms with Crippen molar-refractivity contribution in [3.05, 3.63) is 41.5 Å². The zero-order chi connectivity index (χ0) is 12.5. The van der Waals surface area contributed by atoms with Gasteiger partial charge in [0.25, 0.3) is 5.91 Å². The van der Waals surface area contributed by atoms with Crippen LogP contribution in [0.1, 0.15) is 40.8 Å². The monoisotopic (exact) mass is 245 g/mol. The van der Waals surface area contributed by atoms with Crippen molar-refractivity contribution in [2.45, 2.75) is 25.8 Å². The Morgan fingerprint density at radius 1 is 1.61 bits per heavy atom. The average Bonchev–Trinajstić information content (AvgIpc) is 3.09. The first-order valence-electron chi connectivity index (χ1n) is 6.13. The summed E-state index contributed by atoms with van der Waals surface area (Å²) < 4.78 is 5.10. The predicted octanol–water partition coefficient (Wildman–Crippen LogP) is 2.29. The van der Waals surface area contributed by atoms with Gasteiger partial charge in [-0.15, -0.1) is 0 Å². The first kappa shape index (κ1) is 11.1. The number of likely N-dealkylation sites (tertiary alicyclic amines) is 1. The van der Waals surface area contributed by atoms with Crippen LogP contribution in [0.2, 0.25) is 0 Å². The molecule has 0 saturated carbocycles. The number of aryl methyl sites for hydroxylation is 1. The lowest BCUT2D eigenvalue weighted by molar-refractivity contribution is 0.0725. The van der Waals surface area contributed by atoms with Crippen molar-refractivity contribution in [3.63, 3.8) is 0 Å². The van der Waals surface area contributed by atoms with Crippen molar-refractivity contribution in [2.24, 2.45) is 0 Å². The van der Waals surface area contributed by atoms with Gasteiger partial charge >= 0.3 is 0 Å². The molecule has 18 heavy (non-hydrogen) atoms. The number of H-pyrrole nitrogens is 1. The van der Waals surface area contributed by atoms with Gasteiger partial charge in [0.15, 0.2) is 0 Å². The number of aromatic amines is 1. The molecule has 2 aromatic rings. The summed E-state index contributed by atoms with van der Waals surface area (Å²) in [5, 5.41) is 4.03. The molecule has 1 aliphatic rings. The Hall–Kier alpha value is -2.04. The van der Waals surface area contributed by atoms with Gasteiger partial charge in [0.05, 0.1) is 6.04 Å². The standard InChI is InChI=1S/C13H15N3O2/c1-9-8-11(15-18-9)12-5-3-7-16(12)13(17)10-4-2-6-14-10/h2,4,6,8,12,14H,3,5,7H2,1H3. The summed E-state index contributed by atoms with van der Waals surface area (Å²) in [5.74, 6) is 0.812. The van der Waals surface area contributed by atoms with E-state index in [1.807, 2.05) is 24.0 Å². The lowest BCUT2D eigenvalue weighted by atomic mass is 10.1. The minimum atomic E-state index is 0.0307. The Balaban J connectivity index is 1.85. The topological polar surface area (TPSA) is 62.1 Å². The number of amides is 1. The SMILES string of the molecule is Cc1cc(C2CCCN2C(=O)c2ccc[nH]2)no1. The molecule has 0 spiro atoms. The van der Waals surface area contributed by atoms with E-state index in [0.717, 1.165) is 30.8 Å². The van der Waals surface area contributed by atoms with Crippen LogP contribution < -0.4 is 0 Å². The van der Waals surface area contributed by atoms with Crippen molar-refractivity contribution in [2.75, 3.05) is 6.54 Å². The van der Waals surface area contributed by atoms with Gasteiger partial charge in [-0.05, 0) is 31.9 Å². The number of nitrogens with one attached hydrogen (secondary N) is 1. The fourth-order valence-electron chi connectivity index (χ4n) is 2.48. The van der Waals surface area contributed by atoms with Crippen LogP contribution in [0.3, 0.4) is 0 Å². The molecule has 3 rings (SSSR count). The summed E-state index contributed by atoms with van der Waals surface area (Å²) in [7, 11) is 0. The van der Waals surface area contributed by atoms with Gasteiger partial charge in [-0.1, -0.05) is 5.16 Å². The zero-order valence-corrected chi connectivity index (χ0v) is 10.2. The van der Waals surface area contributed by atoms with E-state index in [9.17, 15) is 4.79 Å². The molecule has 0 aliphatic carbocycles. The van der Waals surface area contributed by atoms with E-state index in [1.54, 1.807) is 12.3 Å². The third-order valence-electron chi connectivity index (χ3n) is 3.33. The van der Waals surface area contributed by atoms with E-state index in [4.69, 9.17) is 4.52 Å². The molecule has 5 heteroatoms. The number of hydrogen-bond donors (Lipinski definition) is 1. The van der Waals surface area contributed by atoms with Crippen LogP contribution in [-0.2, 0) is 0 Å². The Labute approximate surface area is 105 Å². The van der Waals surface area contributed by atoms with Crippen molar-refractivity contribution >= 4 is 5.91 Å². The van der Waals surface area contributed by atoms with Crippen molar-refractivity contribution in [1.82, 2.24) is 15.0 Å². The Morgan fingerprint density at radius 2 is 2.50 bits per heavy atom. The molecule has 0 aromatic carbocycles.